The number of rotatable bonds is 5. The van der Waals surface area contributed by atoms with Gasteiger partial charge in [0.1, 0.15) is 0 Å². The first-order valence-electron chi connectivity index (χ1n) is 6.89. The zero-order chi connectivity index (χ0) is 16.3. The molecule has 2 N–H and O–H groups in total. The van der Waals surface area contributed by atoms with Crippen LogP contribution in [0.5, 0.6) is 0 Å². The lowest BCUT2D eigenvalue weighted by molar-refractivity contribution is 0.600. The van der Waals surface area contributed by atoms with Crippen LogP contribution < -0.4 is 4.72 Å². The van der Waals surface area contributed by atoms with Crippen LogP contribution >= 0.6 is 0 Å². The first kappa shape index (κ1) is 16.0. The summed E-state index contributed by atoms with van der Waals surface area (Å²) in [6, 6.07) is 8.13. The summed E-state index contributed by atoms with van der Waals surface area (Å²) in [4.78, 5) is 0.139. The number of aryl methyl sites for hydroxylation is 1. The fourth-order valence-corrected chi connectivity index (χ4v) is 3.39. The normalized spacial score (nSPS) is 11.4. The lowest BCUT2D eigenvalue weighted by Crippen LogP contribution is -2.14. The number of nitriles is 1. The van der Waals surface area contributed by atoms with Crippen molar-refractivity contribution in [3.63, 3.8) is 0 Å². The molecule has 1 aromatic carbocycles. The van der Waals surface area contributed by atoms with Gasteiger partial charge in [-0.05, 0) is 43.0 Å². The molecule has 0 spiro atoms. The molecular weight excluding hydrogens is 300 g/mol. The van der Waals surface area contributed by atoms with Gasteiger partial charge in [0.15, 0.2) is 5.82 Å². The van der Waals surface area contributed by atoms with Gasteiger partial charge in [-0.15, -0.1) is 0 Å². The van der Waals surface area contributed by atoms with Gasteiger partial charge in [0.05, 0.1) is 16.5 Å². The minimum absolute atomic E-state index is 0.139. The third kappa shape index (κ3) is 3.65. The van der Waals surface area contributed by atoms with Gasteiger partial charge in [-0.3, -0.25) is 9.82 Å². The maximum Gasteiger partial charge on any atom is 0.263 e. The second kappa shape index (κ2) is 6.20. The van der Waals surface area contributed by atoms with E-state index in [4.69, 9.17) is 5.26 Å². The fraction of sp³-hybridized carbons (Fsp3) is 0.333. The van der Waals surface area contributed by atoms with Gasteiger partial charge in [0.25, 0.3) is 10.0 Å². The summed E-state index contributed by atoms with van der Waals surface area (Å²) in [6.45, 7) is 5.81. The van der Waals surface area contributed by atoms with Gasteiger partial charge in [0, 0.05) is 11.8 Å². The molecule has 0 unspecified atom stereocenters. The molecular formula is C15H18N4O2S. The first-order chi connectivity index (χ1) is 10.3. The standard InChI is InChI=1S/C15H18N4O2S/c1-10(2)6-13-8-15(18-17-13)19-22(20,21)14-5-4-12(9-16)7-11(14)3/h4-5,7-8,10H,6H2,1-3H3,(H2,17,18,19). The molecule has 0 fully saturated rings. The first-order valence-corrected chi connectivity index (χ1v) is 8.38. The molecule has 0 bridgehead atoms. The molecule has 0 aliphatic carbocycles. The SMILES string of the molecule is Cc1cc(C#N)ccc1S(=O)(=O)Nc1cc(CC(C)C)[nH]n1. The molecule has 1 aromatic heterocycles. The van der Waals surface area contributed by atoms with Crippen molar-refractivity contribution in [3.8, 4) is 6.07 Å². The number of benzene rings is 1. The number of aromatic amines is 1. The Morgan fingerprint density at radius 2 is 2.09 bits per heavy atom. The van der Waals surface area contributed by atoms with E-state index < -0.39 is 10.0 Å². The number of nitrogens with zero attached hydrogens (tertiary/aromatic N) is 2. The van der Waals surface area contributed by atoms with E-state index in [2.05, 4.69) is 28.8 Å². The highest BCUT2D eigenvalue weighted by atomic mass is 32.2. The van der Waals surface area contributed by atoms with Crippen molar-refractivity contribution in [2.24, 2.45) is 5.92 Å². The molecule has 116 valence electrons. The van der Waals surface area contributed by atoms with Gasteiger partial charge < -0.3 is 0 Å². The van der Waals surface area contributed by atoms with Crippen LogP contribution in [-0.4, -0.2) is 18.6 Å². The number of H-pyrrole nitrogens is 1. The molecule has 7 heteroatoms. The van der Waals surface area contributed by atoms with E-state index in [0.717, 1.165) is 12.1 Å². The van der Waals surface area contributed by atoms with Crippen molar-refractivity contribution >= 4 is 15.8 Å². The molecule has 0 radical (unpaired) electrons. The average molecular weight is 318 g/mol. The molecule has 0 saturated carbocycles. The Bertz CT molecular complexity index is 816. The van der Waals surface area contributed by atoms with E-state index in [1.807, 2.05) is 6.07 Å². The van der Waals surface area contributed by atoms with Gasteiger partial charge in [-0.2, -0.15) is 10.4 Å². The minimum atomic E-state index is -3.73. The van der Waals surface area contributed by atoms with Crippen molar-refractivity contribution < 1.29 is 8.42 Å². The summed E-state index contributed by atoms with van der Waals surface area (Å²) in [5, 5.41) is 15.6. The Morgan fingerprint density at radius 3 is 2.68 bits per heavy atom. The quantitative estimate of drug-likeness (QED) is 0.885. The van der Waals surface area contributed by atoms with Gasteiger partial charge in [0.2, 0.25) is 0 Å². The van der Waals surface area contributed by atoms with Crippen LogP contribution in [0.4, 0.5) is 5.82 Å². The molecule has 0 aliphatic heterocycles. The van der Waals surface area contributed by atoms with Crippen LogP contribution in [0.1, 0.15) is 30.7 Å². The molecule has 0 amide bonds. The number of hydrogen-bond acceptors (Lipinski definition) is 4. The number of sulfonamides is 1. The number of anilines is 1. The van der Waals surface area contributed by atoms with Gasteiger partial charge >= 0.3 is 0 Å². The summed E-state index contributed by atoms with van der Waals surface area (Å²) in [5.41, 5.74) is 1.82. The molecule has 0 aliphatic rings. The van der Waals surface area contributed by atoms with Crippen molar-refractivity contribution in [2.45, 2.75) is 32.1 Å². The van der Waals surface area contributed by atoms with Gasteiger partial charge in [-0.1, -0.05) is 13.8 Å². The maximum atomic E-state index is 12.4. The highest BCUT2D eigenvalue weighted by molar-refractivity contribution is 7.92. The molecule has 0 saturated heterocycles. The second-order valence-corrected chi connectivity index (χ2v) is 7.22. The van der Waals surface area contributed by atoms with Crippen molar-refractivity contribution in [2.75, 3.05) is 4.72 Å². The maximum absolute atomic E-state index is 12.4. The molecule has 0 atom stereocenters. The van der Waals surface area contributed by atoms with Crippen LogP contribution in [-0.2, 0) is 16.4 Å². The van der Waals surface area contributed by atoms with Crippen molar-refractivity contribution in [1.82, 2.24) is 10.2 Å². The van der Waals surface area contributed by atoms with Crippen LogP contribution in [0.2, 0.25) is 0 Å². The van der Waals surface area contributed by atoms with E-state index in [1.165, 1.54) is 12.1 Å². The lowest BCUT2D eigenvalue weighted by Gasteiger charge is -2.08. The second-order valence-electron chi connectivity index (χ2n) is 5.57. The third-order valence-electron chi connectivity index (χ3n) is 3.09. The Morgan fingerprint density at radius 1 is 1.36 bits per heavy atom. The predicted molar refractivity (Wildman–Crippen MR) is 83.8 cm³/mol. The zero-order valence-electron chi connectivity index (χ0n) is 12.7. The smallest absolute Gasteiger partial charge is 0.263 e. The average Bonchev–Trinajstić information content (AvgIpc) is 2.83. The van der Waals surface area contributed by atoms with E-state index >= 15 is 0 Å². The van der Waals surface area contributed by atoms with E-state index in [0.29, 0.717) is 17.0 Å². The van der Waals surface area contributed by atoms with Crippen LogP contribution in [0.25, 0.3) is 0 Å². The van der Waals surface area contributed by atoms with E-state index in [9.17, 15) is 8.42 Å². The minimum Gasteiger partial charge on any atom is -0.280 e. The van der Waals surface area contributed by atoms with Crippen molar-refractivity contribution in [3.05, 3.63) is 41.1 Å². The predicted octanol–water partition coefficient (Wildman–Crippen LogP) is 2.59. The van der Waals surface area contributed by atoms with Crippen LogP contribution in [0.15, 0.2) is 29.2 Å². The molecule has 1 heterocycles. The lowest BCUT2D eigenvalue weighted by atomic mass is 10.1. The topological polar surface area (TPSA) is 98.6 Å². The van der Waals surface area contributed by atoms with Crippen LogP contribution in [0.3, 0.4) is 0 Å². The summed E-state index contributed by atoms with van der Waals surface area (Å²) in [7, 11) is -3.73. The number of aromatic nitrogens is 2. The Kier molecular flexibility index (Phi) is 4.52. The van der Waals surface area contributed by atoms with Gasteiger partial charge in [-0.25, -0.2) is 8.42 Å². The van der Waals surface area contributed by atoms with Crippen LogP contribution in [0, 0.1) is 24.2 Å². The monoisotopic (exact) mass is 318 g/mol. The highest BCUT2D eigenvalue weighted by Gasteiger charge is 2.18. The largest absolute Gasteiger partial charge is 0.280 e. The number of hydrogen-bond donors (Lipinski definition) is 2. The third-order valence-corrected chi connectivity index (χ3v) is 4.61. The summed E-state index contributed by atoms with van der Waals surface area (Å²) >= 11 is 0. The number of nitrogens with one attached hydrogen (secondary N) is 2. The molecule has 2 rings (SSSR count). The van der Waals surface area contributed by atoms with E-state index in [-0.39, 0.29) is 10.7 Å². The Hall–Kier alpha value is -2.33. The zero-order valence-corrected chi connectivity index (χ0v) is 13.5. The Balaban J connectivity index is 2.24. The summed E-state index contributed by atoms with van der Waals surface area (Å²) in [6.07, 6.45) is 0.796. The Labute approximate surface area is 130 Å². The summed E-state index contributed by atoms with van der Waals surface area (Å²) in [5.74, 6) is 0.713. The fourth-order valence-electron chi connectivity index (χ4n) is 2.17. The molecule has 6 nitrogen and oxygen atoms in total. The van der Waals surface area contributed by atoms with Crippen molar-refractivity contribution in [1.29, 1.82) is 5.26 Å². The summed E-state index contributed by atoms with van der Waals surface area (Å²) < 4.78 is 27.3. The van der Waals surface area contributed by atoms with E-state index in [1.54, 1.807) is 19.1 Å². The molecule has 22 heavy (non-hydrogen) atoms. The highest BCUT2D eigenvalue weighted by Crippen LogP contribution is 2.20. The molecule has 2 aromatic rings.